The third kappa shape index (κ3) is 4.11. The number of thioether (sulfide) groups is 2. The van der Waals surface area contributed by atoms with E-state index in [2.05, 4.69) is 9.98 Å². The van der Waals surface area contributed by atoms with E-state index in [9.17, 15) is 9.59 Å². The first-order valence-electron chi connectivity index (χ1n) is 4.20. The Morgan fingerprint density at radius 1 is 1.21 bits per heavy atom. The first kappa shape index (κ1) is 11.5. The molecule has 0 N–H and O–H groups in total. The second kappa shape index (κ2) is 6.85. The Hall–Kier alpha value is -0.540. The highest BCUT2D eigenvalue weighted by atomic mass is 32.2. The van der Waals surface area contributed by atoms with Crippen LogP contribution in [0.4, 0.5) is 0 Å². The lowest BCUT2D eigenvalue weighted by Crippen LogP contribution is -2.20. The van der Waals surface area contributed by atoms with Crippen LogP contribution < -0.4 is 0 Å². The number of hydrogen-bond acceptors (Lipinski definition) is 6. The van der Waals surface area contributed by atoms with Gasteiger partial charge in [-0.15, -0.1) is 11.8 Å². The Balaban J connectivity index is 2.21. The van der Waals surface area contributed by atoms with Crippen molar-refractivity contribution in [2.45, 2.75) is 17.0 Å². The molecule has 2 atom stereocenters. The molecule has 0 aromatic rings. The third-order valence-electron chi connectivity index (χ3n) is 1.77. The molecule has 0 spiro atoms. The lowest BCUT2D eigenvalue weighted by Gasteiger charge is -2.23. The van der Waals surface area contributed by atoms with Gasteiger partial charge in [-0.3, -0.25) is 0 Å². The molecule has 2 unspecified atom stereocenters. The molecule has 0 saturated carbocycles. The molecular weight excluding hydrogens is 220 g/mol. The van der Waals surface area contributed by atoms with Gasteiger partial charge in [-0.1, -0.05) is 0 Å². The molecule has 4 nitrogen and oxygen atoms in total. The molecule has 1 fully saturated rings. The summed E-state index contributed by atoms with van der Waals surface area (Å²) in [5.74, 6) is 1.80. The topological polar surface area (TPSA) is 58.9 Å². The molecule has 0 aromatic carbocycles. The van der Waals surface area contributed by atoms with Crippen molar-refractivity contribution in [3.05, 3.63) is 0 Å². The van der Waals surface area contributed by atoms with Gasteiger partial charge in [0.05, 0.1) is 6.54 Å². The molecule has 14 heavy (non-hydrogen) atoms. The van der Waals surface area contributed by atoms with Gasteiger partial charge in [0, 0.05) is 16.8 Å². The molecule has 1 aliphatic heterocycles. The number of carbonyl (C=O) groups excluding carboxylic acids is 2. The van der Waals surface area contributed by atoms with Crippen molar-refractivity contribution >= 4 is 35.7 Å². The monoisotopic (exact) mass is 230 g/mol. The normalized spacial score (nSPS) is 26.0. The van der Waals surface area contributed by atoms with Gasteiger partial charge in [-0.2, -0.15) is 16.8 Å². The Bertz CT molecular complexity index is 265. The lowest BCUT2D eigenvalue weighted by atomic mass is 10.3. The van der Waals surface area contributed by atoms with E-state index in [1.807, 2.05) is 0 Å². The van der Waals surface area contributed by atoms with Gasteiger partial charge < -0.3 is 0 Å². The summed E-state index contributed by atoms with van der Waals surface area (Å²) >= 11 is 3.44. The Kier molecular flexibility index (Phi) is 5.64. The van der Waals surface area contributed by atoms with Crippen LogP contribution in [0.1, 0.15) is 6.42 Å². The number of nitrogens with zero attached hydrogens (tertiary/aromatic N) is 2. The average molecular weight is 230 g/mol. The van der Waals surface area contributed by atoms with Crippen molar-refractivity contribution in [2.24, 2.45) is 9.98 Å². The fraction of sp³-hybridized carbons (Fsp3) is 0.750. The molecule has 0 bridgehead atoms. The minimum absolute atomic E-state index is 0.0586. The summed E-state index contributed by atoms with van der Waals surface area (Å²) < 4.78 is 0. The van der Waals surface area contributed by atoms with Crippen molar-refractivity contribution in [1.82, 2.24) is 0 Å². The summed E-state index contributed by atoms with van der Waals surface area (Å²) in [6.07, 6.45) is 3.99. The summed E-state index contributed by atoms with van der Waals surface area (Å²) in [5.41, 5.74) is 0. The summed E-state index contributed by atoms with van der Waals surface area (Å²) in [6, 6.07) is 0. The van der Waals surface area contributed by atoms with E-state index in [1.54, 1.807) is 29.6 Å². The predicted molar refractivity (Wildman–Crippen MR) is 58.2 cm³/mol. The largest absolute Gasteiger partial charge is 0.236 e. The molecular formula is C8H10N2O2S2. The number of aliphatic imine (C=N–C) groups is 2. The molecule has 0 radical (unpaired) electrons. The summed E-state index contributed by atoms with van der Waals surface area (Å²) in [5, 5.41) is 0.568. The maximum atomic E-state index is 9.99. The van der Waals surface area contributed by atoms with Crippen LogP contribution in [0.3, 0.4) is 0 Å². The molecule has 0 amide bonds. The maximum absolute atomic E-state index is 9.99. The molecule has 76 valence electrons. The second-order valence-corrected chi connectivity index (χ2v) is 5.27. The molecule has 0 aromatic heterocycles. The predicted octanol–water partition coefficient (Wildman–Crippen LogP) is 1.22. The summed E-state index contributed by atoms with van der Waals surface area (Å²) in [7, 11) is 0. The van der Waals surface area contributed by atoms with E-state index in [-0.39, 0.29) is 5.37 Å². The van der Waals surface area contributed by atoms with E-state index >= 15 is 0 Å². The Labute approximate surface area is 90.6 Å². The van der Waals surface area contributed by atoms with Crippen LogP contribution in [0.25, 0.3) is 0 Å². The van der Waals surface area contributed by atoms with Crippen LogP contribution in [-0.4, -0.2) is 40.8 Å². The van der Waals surface area contributed by atoms with Crippen LogP contribution in [0.2, 0.25) is 0 Å². The number of isocyanates is 2. The van der Waals surface area contributed by atoms with Crippen LogP contribution in [-0.2, 0) is 9.59 Å². The summed E-state index contributed by atoms with van der Waals surface area (Å²) in [4.78, 5) is 27.0. The first-order chi connectivity index (χ1) is 6.86. The zero-order valence-electron chi connectivity index (χ0n) is 7.51. The Morgan fingerprint density at radius 2 is 2.07 bits per heavy atom. The first-order valence-corrected chi connectivity index (χ1v) is 6.30. The van der Waals surface area contributed by atoms with Crippen LogP contribution in [0.5, 0.6) is 0 Å². The zero-order valence-corrected chi connectivity index (χ0v) is 9.14. The molecule has 1 rings (SSSR count). The molecule has 1 aliphatic rings. The third-order valence-corrected chi connectivity index (χ3v) is 4.83. The highest BCUT2D eigenvalue weighted by molar-refractivity contribution is 8.07. The van der Waals surface area contributed by atoms with Crippen LogP contribution in [0, 0.1) is 0 Å². The van der Waals surface area contributed by atoms with Crippen LogP contribution in [0.15, 0.2) is 9.98 Å². The van der Waals surface area contributed by atoms with Gasteiger partial charge in [0.1, 0.15) is 5.37 Å². The van der Waals surface area contributed by atoms with Gasteiger partial charge in [-0.25, -0.2) is 14.6 Å². The highest BCUT2D eigenvalue weighted by Crippen LogP contribution is 2.31. The van der Waals surface area contributed by atoms with E-state index in [1.165, 1.54) is 6.08 Å². The number of rotatable bonds is 4. The smallest absolute Gasteiger partial charge is 0.211 e. The lowest BCUT2D eigenvalue weighted by molar-refractivity contribution is 0.561. The van der Waals surface area contributed by atoms with E-state index in [0.29, 0.717) is 11.8 Å². The average Bonchev–Trinajstić information content (AvgIpc) is 2.21. The number of hydrogen-bond donors (Lipinski definition) is 0. The van der Waals surface area contributed by atoms with Crippen molar-refractivity contribution in [3.63, 3.8) is 0 Å². The molecule has 0 aliphatic carbocycles. The summed E-state index contributed by atoms with van der Waals surface area (Å²) in [6.45, 7) is 0.545. The van der Waals surface area contributed by atoms with Crippen molar-refractivity contribution in [1.29, 1.82) is 0 Å². The minimum Gasteiger partial charge on any atom is -0.211 e. The fourth-order valence-corrected chi connectivity index (χ4v) is 3.83. The van der Waals surface area contributed by atoms with E-state index in [0.717, 1.165) is 17.9 Å². The zero-order chi connectivity index (χ0) is 10.2. The quantitative estimate of drug-likeness (QED) is 0.538. The van der Waals surface area contributed by atoms with Crippen LogP contribution >= 0.6 is 23.5 Å². The van der Waals surface area contributed by atoms with Gasteiger partial charge in [-0.05, 0) is 6.42 Å². The second-order valence-electron chi connectivity index (χ2n) is 2.73. The van der Waals surface area contributed by atoms with Gasteiger partial charge in [0.2, 0.25) is 12.2 Å². The molecule has 1 saturated heterocycles. The standard InChI is InChI=1S/C8H10N2O2S2/c11-5-9-2-1-7-3-14-8(4-13-7)10-6-12/h7-8H,1-4H2. The van der Waals surface area contributed by atoms with Crippen molar-refractivity contribution in [3.8, 4) is 0 Å². The minimum atomic E-state index is 0.0586. The van der Waals surface area contributed by atoms with E-state index in [4.69, 9.17) is 0 Å². The molecule has 1 heterocycles. The van der Waals surface area contributed by atoms with Gasteiger partial charge >= 0.3 is 0 Å². The van der Waals surface area contributed by atoms with Crippen molar-refractivity contribution in [2.75, 3.05) is 18.1 Å². The SMILES string of the molecule is O=C=NCCC1CSC(N=C=O)CS1. The Morgan fingerprint density at radius 3 is 2.64 bits per heavy atom. The fourth-order valence-electron chi connectivity index (χ4n) is 1.09. The van der Waals surface area contributed by atoms with E-state index < -0.39 is 0 Å². The maximum Gasteiger partial charge on any atom is 0.236 e. The molecule has 6 heteroatoms. The highest BCUT2D eigenvalue weighted by Gasteiger charge is 2.21. The van der Waals surface area contributed by atoms with Crippen molar-refractivity contribution < 1.29 is 9.59 Å². The van der Waals surface area contributed by atoms with Gasteiger partial charge in [0.25, 0.3) is 0 Å². The van der Waals surface area contributed by atoms with Gasteiger partial charge in [0.15, 0.2) is 0 Å².